The fourth-order valence-electron chi connectivity index (χ4n) is 2.44. The SMILES string of the molecule is C=[N+]1C2CCC1CN(C(C)C)C2. The first-order valence-electron chi connectivity index (χ1n) is 5.01. The minimum atomic E-state index is 0.710. The van der Waals surface area contributed by atoms with Crippen LogP contribution in [0.25, 0.3) is 0 Å². The maximum absolute atomic E-state index is 4.12. The smallest absolute Gasteiger partial charge is 0.165 e. The number of hydrogen-bond acceptors (Lipinski definition) is 1. The molecule has 2 atom stereocenters. The Morgan fingerprint density at radius 2 is 1.75 bits per heavy atom. The van der Waals surface area contributed by atoms with Crippen molar-refractivity contribution in [3.05, 3.63) is 0 Å². The Morgan fingerprint density at radius 3 is 2.17 bits per heavy atom. The monoisotopic (exact) mass is 167 g/mol. The maximum atomic E-state index is 4.12. The molecule has 0 saturated carbocycles. The van der Waals surface area contributed by atoms with Crippen LogP contribution in [0.5, 0.6) is 0 Å². The molecule has 0 radical (unpaired) electrons. The molecule has 68 valence electrons. The quantitative estimate of drug-likeness (QED) is 0.527. The van der Waals surface area contributed by atoms with Crippen LogP contribution < -0.4 is 0 Å². The highest BCUT2D eigenvalue weighted by Crippen LogP contribution is 2.26. The third kappa shape index (κ3) is 1.18. The molecule has 0 aliphatic carbocycles. The lowest BCUT2D eigenvalue weighted by atomic mass is 10.2. The zero-order chi connectivity index (χ0) is 8.72. The predicted octanol–water partition coefficient (Wildman–Crippen LogP) is 0.954. The van der Waals surface area contributed by atoms with E-state index in [4.69, 9.17) is 0 Å². The van der Waals surface area contributed by atoms with Gasteiger partial charge in [0, 0.05) is 18.9 Å². The van der Waals surface area contributed by atoms with E-state index in [1.54, 1.807) is 0 Å². The standard InChI is InChI=1S/C10H19N2/c1-8(2)12-6-9-4-5-10(7-12)11(9)3/h8-10H,3-7H2,1-2H3/q+1. The average molecular weight is 167 g/mol. The number of fused-ring (bicyclic) bond motifs is 2. The van der Waals surface area contributed by atoms with Gasteiger partial charge in [-0.1, -0.05) is 0 Å². The van der Waals surface area contributed by atoms with Gasteiger partial charge < -0.3 is 0 Å². The summed E-state index contributed by atoms with van der Waals surface area (Å²) in [6, 6.07) is 2.19. The molecule has 2 rings (SSSR count). The summed E-state index contributed by atoms with van der Waals surface area (Å²) in [5, 5.41) is 0. The Morgan fingerprint density at radius 1 is 1.25 bits per heavy atom. The van der Waals surface area contributed by atoms with E-state index in [-0.39, 0.29) is 0 Å². The van der Waals surface area contributed by atoms with Crippen molar-refractivity contribution in [1.82, 2.24) is 4.90 Å². The Balaban J connectivity index is 2.07. The second kappa shape index (κ2) is 2.84. The molecule has 2 nitrogen and oxygen atoms in total. The fourth-order valence-corrected chi connectivity index (χ4v) is 2.44. The molecule has 2 heterocycles. The maximum Gasteiger partial charge on any atom is 0.165 e. The third-order valence-corrected chi connectivity index (χ3v) is 3.39. The van der Waals surface area contributed by atoms with Crippen LogP contribution >= 0.6 is 0 Å². The summed E-state index contributed by atoms with van der Waals surface area (Å²) in [5.74, 6) is 0. The van der Waals surface area contributed by atoms with Gasteiger partial charge in [0.05, 0.1) is 13.1 Å². The average Bonchev–Trinajstić information content (AvgIpc) is 2.30. The van der Waals surface area contributed by atoms with Crippen molar-refractivity contribution in [3.8, 4) is 0 Å². The molecule has 0 N–H and O–H groups in total. The van der Waals surface area contributed by atoms with Crippen molar-refractivity contribution in [1.29, 1.82) is 0 Å². The highest BCUT2D eigenvalue weighted by Gasteiger charge is 2.42. The van der Waals surface area contributed by atoms with E-state index < -0.39 is 0 Å². The van der Waals surface area contributed by atoms with E-state index in [0.717, 1.165) is 12.1 Å². The molecule has 12 heavy (non-hydrogen) atoms. The van der Waals surface area contributed by atoms with Gasteiger partial charge in [-0.15, -0.1) is 0 Å². The van der Waals surface area contributed by atoms with Gasteiger partial charge in [-0.25, -0.2) is 4.58 Å². The van der Waals surface area contributed by atoms with E-state index in [9.17, 15) is 0 Å². The summed E-state index contributed by atoms with van der Waals surface area (Å²) >= 11 is 0. The molecule has 0 aromatic rings. The molecule has 0 spiro atoms. The van der Waals surface area contributed by atoms with Crippen LogP contribution in [0.4, 0.5) is 0 Å². The van der Waals surface area contributed by atoms with Crippen LogP contribution in [0.1, 0.15) is 26.7 Å². The Hall–Kier alpha value is -0.370. The molecule has 0 amide bonds. The number of rotatable bonds is 1. The van der Waals surface area contributed by atoms with Gasteiger partial charge in [-0.05, 0) is 13.8 Å². The number of piperazine rings is 1. The largest absolute Gasteiger partial charge is 0.288 e. The first kappa shape index (κ1) is 8.24. The molecule has 2 saturated heterocycles. The second-order valence-corrected chi connectivity index (χ2v) is 4.45. The Kier molecular flexibility index (Phi) is 1.95. The lowest BCUT2D eigenvalue weighted by Gasteiger charge is -2.32. The van der Waals surface area contributed by atoms with Crippen LogP contribution in [-0.2, 0) is 0 Å². The number of nitrogens with zero attached hydrogens (tertiary/aromatic N) is 2. The summed E-state index contributed by atoms with van der Waals surface area (Å²) in [4.78, 5) is 2.59. The van der Waals surface area contributed by atoms with Crippen LogP contribution in [0.15, 0.2) is 0 Å². The summed E-state index contributed by atoms with van der Waals surface area (Å²) in [6.07, 6.45) is 2.72. The zero-order valence-electron chi connectivity index (χ0n) is 8.16. The molecular formula is C10H19N2+. The highest BCUT2D eigenvalue weighted by molar-refractivity contribution is 5.16. The zero-order valence-corrected chi connectivity index (χ0v) is 8.16. The summed E-state index contributed by atoms with van der Waals surface area (Å²) in [6.45, 7) is 11.2. The summed E-state index contributed by atoms with van der Waals surface area (Å²) in [7, 11) is 0. The van der Waals surface area contributed by atoms with Crippen molar-refractivity contribution >= 4 is 6.72 Å². The lowest BCUT2D eigenvalue weighted by Crippen LogP contribution is -2.50. The second-order valence-electron chi connectivity index (χ2n) is 4.45. The van der Waals surface area contributed by atoms with E-state index in [2.05, 4.69) is 30.0 Å². The molecule has 2 unspecified atom stereocenters. The first-order chi connectivity index (χ1) is 5.68. The van der Waals surface area contributed by atoms with Crippen LogP contribution in [0.3, 0.4) is 0 Å². The summed E-state index contributed by atoms with van der Waals surface area (Å²) < 4.78 is 2.33. The highest BCUT2D eigenvalue weighted by atomic mass is 15.3. The molecule has 0 aromatic carbocycles. The Labute approximate surface area is 74.9 Å². The van der Waals surface area contributed by atoms with E-state index in [0.29, 0.717) is 6.04 Å². The van der Waals surface area contributed by atoms with Crippen molar-refractivity contribution in [2.24, 2.45) is 0 Å². The van der Waals surface area contributed by atoms with Gasteiger partial charge in [-0.3, -0.25) is 4.90 Å². The number of likely N-dealkylation sites (tertiary alicyclic amines) is 1. The van der Waals surface area contributed by atoms with Gasteiger partial charge in [0.2, 0.25) is 0 Å². The summed E-state index contributed by atoms with van der Waals surface area (Å²) in [5.41, 5.74) is 0. The topological polar surface area (TPSA) is 6.25 Å². The van der Waals surface area contributed by atoms with E-state index in [1.165, 1.54) is 25.9 Å². The van der Waals surface area contributed by atoms with Crippen LogP contribution in [0.2, 0.25) is 0 Å². The van der Waals surface area contributed by atoms with Gasteiger partial charge >= 0.3 is 0 Å². The Bertz CT molecular complexity index is 182. The molecule has 2 aliphatic heterocycles. The molecular weight excluding hydrogens is 148 g/mol. The van der Waals surface area contributed by atoms with Crippen molar-refractivity contribution < 1.29 is 4.58 Å². The molecule has 0 aromatic heterocycles. The van der Waals surface area contributed by atoms with Crippen molar-refractivity contribution in [2.45, 2.75) is 44.8 Å². The molecule has 2 bridgehead atoms. The lowest BCUT2D eigenvalue weighted by molar-refractivity contribution is -0.584. The predicted molar refractivity (Wildman–Crippen MR) is 50.9 cm³/mol. The number of hydrogen-bond donors (Lipinski definition) is 0. The van der Waals surface area contributed by atoms with Crippen molar-refractivity contribution in [3.63, 3.8) is 0 Å². The van der Waals surface area contributed by atoms with Gasteiger partial charge in [0.1, 0.15) is 6.72 Å². The minimum absolute atomic E-state index is 0.710. The van der Waals surface area contributed by atoms with Crippen LogP contribution in [0, 0.1) is 0 Å². The van der Waals surface area contributed by atoms with E-state index >= 15 is 0 Å². The molecule has 2 aliphatic rings. The minimum Gasteiger partial charge on any atom is -0.288 e. The molecule has 2 heteroatoms. The van der Waals surface area contributed by atoms with Gasteiger partial charge in [0.15, 0.2) is 12.1 Å². The van der Waals surface area contributed by atoms with Crippen LogP contribution in [-0.4, -0.2) is 47.4 Å². The fraction of sp³-hybridized carbons (Fsp3) is 0.900. The molecule has 2 fully saturated rings. The third-order valence-electron chi connectivity index (χ3n) is 3.39. The first-order valence-corrected chi connectivity index (χ1v) is 5.01. The normalized spacial score (nSPS) is 36.4. The van der Waals surface area contributed by atoms with Crippen molar-refractivity contribution in [2.75, 3.05) is 13.1 Å². The van der Waals surface area contributed by atoms with Gasteiger partial charge in [-0.2, -0.15) is 0 Å². The van der Waals surface area contributed by atoms with E-state index in [1.807, 2.05) is 0 Å². The van der Waals surface area contributed by atoms with Gasteiger partial charge in [0.25, 0.3) is 0 Å².